The fourth-order valence-electron chi connectivity index (χ4n) is 5.95. The van der Waals surface area contributed by atoms with E-state index in [0.717, 1.165) is 51.6 Å². The van der Waals surface area contributed by atoms with Crippen LogP contribution in [0.4, 0.5) is 4.39 Å². The lowest BCUT2D eigenvalue weighted by molar-refractivity contribution is -0.138. The van der Waals surface area contributed by atoms with Crippen molar-refractivity contribution < 1.29 is 28.2 Å². The smallest absolute Gasteiger partial charge is 0.276 e. The minimum absolute atomic E-state index is 0.0152. The number of amides is 4. The lowest BCUT2D eigenvalue weighted by atomic mass is 9.90. The lowest BCUT2D eigenvalue weighted by Gasteiger charge is -2.36. The Labute approximate surface area is 271 Å². The predicted octanol–water partition coefficient (Wildman–Crippen LogP) is 3.44. The molecule has 1 saturated carbocycles. The topological polar surface area (TPSA) is 150 Å². The Morgan fingerprint density at radius 2 is 1.70 bits per heavy atom. The van der Waals surface area contributed by atoms with E-state index in [9.17, 15) is 19.2 Å². The Kier molecular flexibility index (Phi) is 14.1. The highest BCUT2D eigenvalue weighted by Gasteiger charge is 2.35. The van der Waals surface area contributed by atoms with Crippen LogP contribution in [0.15, 0.2) is 40.5 Å². The number of halogens is 1. The monoisotopic (exact) mass is 643 g/mol. The second kappa shape index (κ2) is 17.7. The van der Waals surface area contributed by atoms with Crippen LogP contribution >= 0.6 is 0 Å². The van der Waals surface area contributed by atoms with Gasteiger partial charge in [0, 0.05) is 38.5 Å². The summed E-state index contributed by atoms with van der Waals surface area (Å²) < 4.78 is 20.4. The van der Waals surface area contributed by atoms with Crippen LogP contribution in [0.25, 0.3) is 0 Å². The Hall–Kier alpha value is -3.87. The fourth-order valence-corrected chi connectivity index (χ4v) is 5.95. The molecule has 0 bridgehead atoms. The van der Waals surface area contributed by atoms with Gasteiger partial charge >= 0.3 is 0 Å². The van der Waals surface area contributed by atoms with Crippen molar-refractivity contribution in [1.82, 2.24) is 36.1 Å². The number of hydrogen-bond acceptors (Lipinski definition) is 8. The molecule has 1 aliphatic heterocycles. The van der Waals surface area contributed by atoms with Crippen LogP contribution < -0.4 is 16.0 Å². The van der Waals surface area contributed by atoms with Crippen molar-refractivity contribution in [3.63, 3.8) is 0 Å². The third-order valence-corrected chi connectivity index (χ3v) is 8.98. The fraction of sp³-hybridized carbons (Fsp3) is 0.636. The van der Waals surface area contributed by atoms with Gasteiger partial charge in [0.1, 0.15) is 23.6 Å². The second-order valence-electron chi connectivity index (χ2n) is 12.2. The molecule has 0 spiro atoms. The second-order valence-corrected chi connectivity index (χ2v) is 12.2. The van der Waals surface area contributed by atoms with E-state index in [1.54, 1.807) is 31.7 Å². The summed E-state index contributed by atoms with van der Waals surface area (Å²) in [5.41, 5.74) is 0.571. The first-order chi connectivity index (χ1) is 22.0. The molecule has 1 aliphatic carbocycles. The molecule has 3 atom stereocenters. The van der Waals surface area contributed by atoms with Gasteiger partial charge in [0.25, 0.3) is 5.91 Å². The van der Waals surface area contributed by atoms with Gasteiger partial charge in [-0.3, -0.25) is 19.2 Å². The highest BCUT2D eigenvalue weighted by Crippen LogP contribution is 2.27. The van der Waals surface area contributed by atoms with Crippen LogP contribution in [0, 0.1) is 11.8 Å². The van der Waals surface area contributed by atoms with Gasteiger partial charge in [0.15, 0.2) is 5.69 Å². The molecule has 1 aromatic rings. The molecule has 0 aromatic carbocycles. The van der Waals surface area contributed by atoms with Crippen molar-refractivity contribution >= 4 is 23.6 Å². The van der Waals surface area contributed by atoms with Crippen LogP contribution in [0.5, 0.6) is 0 Å². The number of aromatic nitrogens is 2. The minimum atomic E-state index is -0.952. The van der Waals surface area contributed by atoms with Gasteiger partial charge in [0.05, 0.1) is 5.70 Å². The molecule has 46 heavy (non-hydrogen) atoms. The van der Waals surface area contributed by atoms with Gasteiger partial charge in [-0.15, -0.1) is 0 Å². The van der Waals surface area contributed by atoms with Gasteiger partial charge in [-0.2, -0.15) is 0 Å². The summed E-state index contributed by atoms with van der Waals surface area (Å²) in [4.78, 5) is 56.6. The molecule has 13 heteroatoms. The molecule has 0 radical (unpaired) electrons. The van der Waals surface area contributed by atoms with Crippen molar-refractivity contribution in [2.75, 3.05) is 33.2 Å². The molecule has 2 fully saturated rings. The summed E-state index contributed by atoms with van der Waals surface area (Å²) in [6.07, 6.45) is 8.89. The first-order valence-corrected chi connectivity index (χ1v) is 16.4. The van der Waals surface area contributed by atoms with E-state index in [1.807, 2.05) is 14.0 Å². The Bertz CT molecular complexity index is 1290. The molecule has 4 amide bonds. The summed E-state index contributed by atoms with van der Waals surface area (Å²) in [5, 5.41) is 15.7. The zero-order valence-electron chi connectivity index (χ0n) is 27.9. The summed E-state index contributed by atoms with van der Waals surface area (Å²) in [6, 6.07) is -1.85. The van der Waals surface area contributed by atoms with Gasteiger partial charge in [0.2, 0.25) is 17.7 Å². The molecule has 3 rings (SSSR count). The number of nitrogens with one attached hydrogen (secondary N) is 3. The average Bonchev–Trinajstić information content (AvgIpc) is 3.38. The average molecular weight is 644 g/mol. The molecular weight excluding hydrogens is 593 g/mol. The number of nitrogens with zero attached hydrogens (tertiary/aromatic N) is 4. The third kappa shape index (κ3) is 9.81. The van der Waals surface area contributed by atoms with Gasteiger partial charge in [-0.1, -0.05) is 64.3 Å². The van der Waals surface area contributed by atoms with Gasteiger partial charge in [-0.25, -0.2) is 9.02 Å². The Morgan fingerprint density at radius 1 is 1.04 bits per heavy atom. The van der Waals surface area contributed by atoms with E-state index >= 15 is 4.39 Å². The van der Waals surface area contributed by atoms with E-state index in [0.29, 0.717) is 30.8 Å². The van der Waals surface area contributed by atoms with E-state index < -0.39 is 35.6 Å². The molecule has 3 N–H and O–H groups in total. The lowest BCUT2D eigenvalue weighted by Crippen LogP contribution is -2.56. The van der Waals surface area contributed by atoms with E-state index in [4.69, 9.17) is 4.63 Å². The van der Waals surface area contributed by atoms with Crippen molar-refractivity contribution in [2.45, 2.75) is 91.1 Å². The first kappa shape index (κ1) is 36.6. The summed E-state index contributed by atoms with van der Waals surface area (Å²) in [5.74, 6) is -3.22. The maximum atomic E-state index is 15.7. The van der Waals surface area contributed by atoms with Crippen molar-refractivity contribution in [1.29, 1.82) is 0 Å². The Morgan fingerprint density at radius 3 is 2.28 bits per heavy atom. The molecule has 1 aromatic heterocycles. The molecule has 12 nitrogen and oxygen atoms in total. The Balaban J connectivity index is 1.78. The summed E-state index contributed by atoms with van der Waals surface area (Å²) in [7, 11) is 1.99. The number of likely N-dealkylation sites (N-methyl/N-ethyl adjacent to an activating group) is 1. The first-order valence-electron chi connectivity index (χ1n) is 16.4. The molecule has 1 saturated heterocycles. The van der Waals surface area contributed by atoms with Crippen molar-refractivity contribution in [3.8, 4) is 0 Å². The van der Waals surface area contributed by atoms with Crippen molar-refractivity contribution in [2.24, 2.45) is 11.8 Å². The van der Waals surface area contributed by atoms with E-state index in [1.165, 1.54) is 6.08 Å². The van der Waals surface area contributed by atoms with Gasteiger partial charge in [-0.05, 0) is 56.0 Å². The molecule has 254 valence electrons. The third-order valence-electron chi connectivity index (χ3n) is 8.98. The maximum absolute atomic E-state index is 15.7. The van der Waals surface area contributed by atoms with Crippen LogP contribution in [-0.2, 0) is 20.8 Å². The number of allylic oxidation sites excluding steroid dienone is 3. The highest BCUT2D eigenvalue weighted by atomic mass is 19.1. The normalized spacial score (nSPS) is 19.0. The van der Waals surface area contributed by atoms with Crippen LogP contribution in [-0.4, -0.2) is 89.1 Å². The molecule has 0 unspecified atom stereocenters. The summed E-state index contributed by atoms with van der Waals surface area (Å²) >= 11 is 0. The molecular formula is C33H50FN7O5. The number of piperazine rings is 1. The number of carbonyl (C=O) groups is 4. The maximum Gasteiger partial charge on any atom is 0.276 e. The molecule has 2 heterocycles. The number of aryl methyl sites for hydroxylation is 1. The zero-order chi connectivity index (χ0) is 33.8. The van der Waals surface area contributed by atoms with Crippen LogP contribution in [0.1, 0.15) is 88.8 Å². The largest absolute Gasteiger partial charge is 0.344 e. The van der Waals surface area contributed by atoms with E-state index in [-0.39, 0.29) is 35.5 Å². The molecule has 2 aliphatic rings. The predicted molar refractivity (Wildman–Crippen MR) is 172 cm³/mol. The number of hydrogen-bond donors (Lipinski definition) is 3. The van der Waals surface area contributed by atoms with Gasteiger partial charge < -0.3 is 25.8 Å². The van der Waals surface area contributed by atoms with Crippen molar-refractivity contribution in [3.05, 3.63) is 47.2 Å². The number of rotatable bonds is 13. The van der Waals surface area contributed by atoms with Crippen LogP contribution in [0.2, 0.25) is 0 Å². The van der Waals surface area contributed by atoms with Crippen LogP contribution in [0.3, 0.4) is 0 Å². The van der Waals surface area contributed by atoms with E-state index in [2.05, 4.69) is 37.7 Å². The zero-order valence-corrected chi connectivity index (χ0v) is 27.9. The minimum Gasteiger partial charge on any atom is -0.344 e. The summed E-state index contributed by atoms with van der Waals surface area (Å²) in [6.45, 7) is 13.3. The highest BCUT2D eigenvalue weighted by molar-refractivity contribution is 5.97. The quantitative estimate of drug-likeness (QED) is 0.219. The SMILES string of the molecule is C=C(NC(=O)[C@@H](NC(=O)c1nonc1CC)C1CCCCCC1)/C(F)=C\C(=C/C)[C@H](C)[C@@H](NC(=O)CC)C(=O)N1CCN(C)CC1. The number of carbonyl (C=O) groups excluding carboxylic acids is 4. The standard InChI is InChI=1S/C33H50FN7O5/c1-7-23(21(4)28(36-27(42)9-3)33(45)41-18-16-40(6)17-19-41)20-25(34)22(5)35-31(43)29(24-14-12-10-11-13-15-24)37-32(44)30-26(8-2)38-46-39-30/h7,20-21,24,28-29H,5,8-19H2,1-4,6H3,(H,35,43)(H,36,42)(H,37,44)/b23-7+,25-20+/t21-,28+,29-/m0/s1.